The Hall–Kier alpha value is -0.910. The average molecular weight is 339 g/mol. The molecule has 2 rings (SSSR count). The van der Waals surface area contributed by atoms with Gasteiger partial charge in [-0.05, 0) is 64.3 Å². The van der Waals surface area contributed by atoms with Gasteiger partial charge in [-0.15, -0.1) is 0 Å². The van der Waals surface area contributed by atoms with Gasteiger partial charge < -0.3 is 15.1 Å². The minimum absolute atomic E-state index is 0.0569. The molecule has 4 nitrogen and oxygen atoms in total. The van der Waals surface area contributed by atoms with Gasteiger partial charge in [0.25, 0.3) is 0 Å². The molecule has 2 atom stereocenters. The van der Waals surface area contributed by atoms with E-state index in [0.717, 1.165) is 30.6 Å². The third-order valence-electron chi connectivity index (χ3n) is 4.17. The molecule has 0 saturated heterocycles. The van der Waals surface area contributed by atoms with Crippen molar-refractivity contribution in [3.05, 3.63) is 29.8 Å². The van der Waals surface area contributed by atoms with Crippen LogP contribution in [-0.2, 0) is 11.0 Å². The van der Waals surface area contributed by atoms with Gasteiger partial charge in [-0.2, -0.15) is 0 Å². The zero-order chi connectivity index (χ0) is 16.9. The highest BCUT2D eigenvalue weighted by atomic mass is 32.2. The number of aliphatic hydroxyl groups is 1. The Morgan fingerprint density at radius 3 is 2.65 bits per heavy atom. The van der Waals surface area contributed by atoms with E-state index in [2.05, 4.69) is 30.8 Å². The van der Waals surface area contributed by atoms with E-state index in [-0.39, 0.29) is 10.8 Å². The molecule has 130 valence electrons. The highest BCUT2D eigenvalue weighted by Gasteiger charge is 2.21. The summed E-state index contributed by atoms with van der Waals surface area (Å²) in [4.78, 5) is 0. The summed E-state index contributed by atoms with van der Waals surface area (Å²) in [5, 5.41) is 14.0. The zero-order valence-corrected chi connectivity index (χ0v) is 15.3. The highest BCUT2D eigenvalue weighted by Crippen LogP contribution is 2.25. The van der Waals surface area contributed by atoms with Crippen LogP contribution < -0.4 is 10.0 Å². The molecule has 23 heavy (non-hydrogen) atoms. The quantitative estimate of drug-likeness (QED) is 0.713. The predicted molar refractivity (Wildman–Crippen MR) is 97.8 cm³/mol. The van der Waals surface area contributed by atoms with Crippen molar-refractivity contribution in [3.63, 3.8) is 0 Å². The molecule has 1 fully saturated rings. The van der Waals surface area contributed by atoms with Crippen LogP contribution in [-0.4, -0.2) is 26.6 Å². The fourth-order valence-corrected chi connectivity index (χ4v) is 4.15. The van der Waals surface area contributed by atoms with Crippen LogP contribution in [0.5, 0.6) is 0 Å². The molecule has 1 saturated carbocycles. The first-order valence-corrected chi connectivity index (χ1v) is 9.77. The van der Waals surface area contributed by atoms with Gasteiger partial charge in [-0.3, -0.25) is 0 Å². The number of nitrogens with one attached hydrogen (secondary N) is 2. The molecule has 0 bridgehead atoms. The first kappa shape index (κ1) is 18.4. The summed E-state index contributed by atoms with van der Waals surface area (Å²) in [5.41, 5.74) is 1.76. The lowest BCUT2D eigenvalue weighted by Crippen LogP contribution is -2.36. The van der Waals surface area contributed by atoms with Gasteiger partial charge in [0, 0.05) is 11.2 Å². The van der Waals surface area contributed by atoms with Crippen LogP contribution in [0.3, 0.4) is 0 Å². The average Bonchev–Trinajstić information content (AvgIpc) is 3.00. The number of rotatable bonds is 7. The third-order valence-corrected chi connectivity index (χ3v) is 5.68. The Morgan fingerprint density at radius 1 is 1.30 bits per heavy atom. The van der Waals surface area contributed by atoms with Crippen LogP contribution in [0, 0.1) is 0 Å². The Morgan fingerprint density at radius 2 is 2.00 bits per heavy atom. The summed E-state index contributed by atoms with van der Waals surface area (Å²) in [7, 11) is -1.03. The molecule has 0 aliphatic heterocycles. The van der Waals surface area contributed by atoms with E-state index in [1.807, 2.05) is 24.3 Å². The van der Waals surface area contributed by atoms with Crippen LogP contribution in [0.15, 0.2) is 24.3 Å². The molecule has 0 heterocycles. The van der Waals surface area contributed by atoms with E-state index in [4.69, 9.17) is 0 Å². The molecular formula is C18H30N2O2S. The van der Waals surface area contributed by atoms with Crippen molar-refractivity contribution in [1.29, 1.82) is 0 Å². The van der Waals surface area contributed by atoms with Gasteiger partial charge in [-0.25, -0.2) is 4.21 Å². The van der Waals surface area contributed by atoms with Gasteiger partial charge in [0.05, 0.1) is 11.4 Å². The lowest BCUT2D eigenvalue weighted by atomic mass is 10.0. The van der Waals surface area contributed by atoms with Crippen molar-refractivity contribution < 1.29 is 9.32 Å². The maximum atomic E-state index is 12.3. The SMILES string of the molecule is CC(C)(C)NCCC(O)c1cccc(NS(=O)C2CCCC2)c1. The minimum Gasteiger partial charge on any atom is -0.388 e. The summed E-state index contributed by atoms with van der Waals surface area (Å²) < 4.78 is 15.4. The van der Waals surface area contributed by atoms with E-state index in [0.29, 0.717) is 6.42 Å². The monoisotopic (exact) mass is 338 g/mol. The molecule has 1 aliphatic carbocycles. The largest absolute Gasteiger partial charge is 0.388 e. The van der Waals surface area contributed by atoms with Gasteiger partial charge in [0.15, 0.2) is 0 Å². The molecule has 0 aromatic heterocycles. The predicted octanol–water partition coefficient (Wildman–Crippen LogP) is 3.52. The van der Waals surface area contributed by atoms with Crippen LogP contribution in [0.2, 0.25) is 0 Å². The van der Waals surface area contributed by atoms with Crippen molar-refractivity contribution in [2.45, 2.75) is 69.8 Å². The Labute approximate surface area is 142 Å². The molecule has 0 radical (unpaired) electrons. The third kappa shape index (κ3) is 6.24. The van der Waals surface area contributed by atoms with E-state index >= 15 is 0 Å². The molecular weight excluding hydrogens is 308 g/mol. The molecule has 0 spiro atoms. The Kier molecular flexibility index (Phi) is 6.62. The molecule has 0 amide bonds. The van der Waals surface area contributed by atoms with Crippen LogP contribution in [0.25, 0.3) is 0 Å². The Bertz CT molecular complexity index is 522. The summed E-state index contributed by atoms with van der Waals surface area (Å²) in [6.07, 6.45) is 4.59. The maximum Gasteiger partial charge on any atom is 0.120 e. The number of hydrogen-bond donors (Lipinski definition) is 3. The fraction of sp³-hybridized carbons (Fsp3) is 0.667. The summed E-state index contributed by atoms with van der Waals surface area (Å²) in [6.45, 7) is 7.10. The number of benzene rings is 1. The first-order valence-electron chi connectivity index (χ1n) is 8.55. The molecule has 5 heteroatoms. The van der Waals surface area contributed by atoms with Gasteiger partial charge in [-0.1, -0.05) is 25.0 Å². The molecule has 1 aliphatic rings. The lowest BCUT2D eigenvalue weighted by Gasteiger charge is -2.22. The van der Waals surface area contributed by atoms with E-state index in [9.17, 15) is 9.32 Å². The van der Waals surface area contributed by atoms with Crippen molar-refractivity contribution in [1.82, 2.24) is 5.32 Å². The molecule has 2 unspecified atom stereocenters. The normalized spacial score (nSPS) is 18.8. The second kappa shape index (κ2) is 8.27. The molecule has 1 aromatic rings. The van der Waals surface area contributed by atoms with Crippen LogP contribution >= 0.6 is 0 Å². The summed E-state index contributed by atoms with van der Waals surface area (Å²) in [5.74, 6) is 0. The van der Waals surface area contributed by atoms with Crippen molar-refractivity contribution >= 4 is 16.7 Å². The molecule has 3 N–H and O–H groups in total. The minimum atomic E-state index is -1.03. The maximum absolute atomic E-state index is 12.3. The summed E-state index contributed by atoms with van der Waals surface area (Å²) >= 11 is 0. The van der Waals surface area contributed by atoms with E-state index < -0.39 is 17.1 Å². The van der Waals surface area contributed by atoms with Crippen molar-refractivity contribution in [2.75, 3.05) is 11.3 Å². The van der Waals surface area contributed by atoms with Crippen LogP contribution in [0.4, 0.5) is 5.69 Å². The number of anilines is 1. The first-order chi connectivity index (χ1) is 10.8. The lowest BCUT2D eigenvalue weighted by molar-refractivity contribution is 0.163. The van der Waals surface area contributed by atoms with E-state index in [1.165, 1.54) is 12.8 Å². The smallest absolute Gasteiger partial charge is 0.120 e. The van der Waals surface area contributed by atoms with Crippen LogP contribution in [0.1, 0.15) is 64.5 Å². The van der Waals surface area contributed by atoms with Crippen molar-refractivity contribution in [2.24, 2.45) is 0 Å². The second-order valence-corrected chi connectivity index (χ2v) is 8.88. The summed E-state index contributed by atoms with van der Waals surface area (Å²) in [6, 6.07) is 7.65. The Balaban J connectivity index is 1.89. The van der Waals surface area contributed by atoms with Gasteiger partial charge in [0.1, 0.15) is 11.0 Å². The van der Waals surface area contributed by atoms with Gasteiger partial charge >= 0.3 is 0 Å². The number of hydrogen-bond acceptors (Lipinski definition) is 3. The van der Waals surface area contributed by atoms with E-state index in [1.54, 1.807) is 0 Å². The standard InChI is InChI=1S/C18H30N2O2S/c1-18(2,3)19-12-11-17(21)14-7-6-8-15(13-14)20-23(22)16-9-4-5-10-16/h6-8,13,16-17,19-21H,4-5,9-12H2,1-3H3. The second-order valence-electron chi connectivity index (χ2n) is 7.41. The topological polar surface area (TPSA) is 61.4 Å². The van der Waals surface area contributed by atoms with Gasteiger partial charge in [0.2, 0.25) is 0 Å². The molecule has 1 aromatic carbocycles. The fourth-order valence-electron chi connectivity index (χ4n) is 2.86. The number of aliphatic hydroxyl groups excluding tert-OH is 1. The zero-order valence-electron chi connectivity index (χ0n) is 14.5. The highest BCUT2D eigenvalue weighted by molar-refractivity contribution is 7.87. The van der Waals surface area contributed by atoms with Crippen molar-refractivity contribution in [3.8, 4) is 0 Å².